The number of hydrogen-bond donors (Lipinski definition) is 0. The van der Waals surface area contributed by atoms with Crippen LogP contribution in [0.4, 0.5) is 0 Å². The maximum Gasteiger partial charge on any atom is 0.0102 e. The SMILES string of the molecule is CCCCCSN1CCC1. The van der Waals surface area contributed by atoms with Crippen molar-refractivity contribution in [1.82, 2.24) is 4.31 Å². The first-order valence-electron chi connectivity index (χ1n) is 4.31. The van der Waals surface area contributed by atoms with Crippen molar-refractivity contribution < 1.29 is 0 Å². The highest BCUT2D eigenvalue weighted by Crippen LogP contribution is 2.19. The highest BCUT2D eigenvalue weighted by atomic mass is 32.2. The van der Waals surface area contributed by atoms with Crippen molar-refractivity contribution in [3.8, 4) is 0 Å². The normalized spacial score (nSPS) is 18.9. The van der Waals surface area contributed by atoms with Gasteiger partial charge in [0.1, 0.15) is 0 Å². The molecule has 2 heteroatoms. The molecule has 1 saturated heterocycles. The second-order valence-electron chi connectivity index (χ2n) is 2.82. The van der Waals surface area contributed by atoms with Gasteiger partial charge in [-0.1, -0.05) is 31.7 Å². The van der Waals surface area contributed by atoms with E-state index in [2.05, 4.69) is 11.2 Å². The average molecular weight is 159 g/mol. The van der Waals surface area contributed by atoms with Gasteiger partial charge in [0.05, 0.1) is 0 Å². The standard InChI is InChI=1S/C8H17NS/c1-2-3-4-8-10-9-6-5-7-9/h2-8H2,1H3. The zero-order valence-corrected chi connectivity index (χ0v) is 7.62. The predicted molar refractivity (Wildman–Crippen MR) is 48.2 cm³/mol. The molecular weight excluding hydrogens is 142 g/mol. The zero-order valence-electron chi connectivity index (χ0n) is 6.81. The van der Waals surface area contributed by atoms with E-state index in [9.17, 15) is 0 Å². The van der Waals surface area contributed by atoms with E-state index in [1.165, 1.54) is 44.5 Å². The van der Waals surface area contributed by atoms with Crippen molar-refractivity contribution in [3.63, 3.8) is 0 Å². The fourth-order valence-corrected chi connectivity index (χ4v) is 2.07. The molecule has 0 aromatic carbocycles. The quantitative estimate of drug-likeness (QED) is 0.448. The van der Waals surface area contributed by atoms with E-state index < -0.39 is 0 Å². The molecule has 1 rings (SSSR count). The molecule has 0 amide bonds. The zero-order chi connectivity index (χ0) is 7.23. The minimum absolute atomic E-state index is 1.33. The fraction of sp³-hybridized carbons (Fsp3) is 1.00. The molecule has 0 spiro atoms. The van der Waals surface area contributed by atoms with Gasteiger partial charge in [-0.2, -0.15) is 0 Å². The molecule has 60 valence electrons. The summed E-state index contributed by atoms with van der Waals surface area (Å²) >= 11 is 2.04. The lowest BCUT2D eigenvalue weighted by Gasteiger charge is -2.29. The monoisotopic (exact) mass is 159 g/mol. The lowest BCUT2D eigenvalue weighted by Crippen LogP contribution is -2.30. The molecule has 1 aliphatic heterocycles. The van der Waals surface area contributed by atoms with Crippen LogP contribution in [0.5, 0.6) is 0 Å². The summed E-state index contributed by atoms with van der Waals surface area (Å²) in [7, 11) is 0. The van der Waals surface area contributed by atoms with Crippen LogP contribution in [-0.4, -0.2) is 23.1 Å². The van der Waals surface area contributed by atoms with Crippen LogP contribution in [0.2, 0.25) is 0 Å². The molecule has 1 nitrogen and oxygen atoms in total. The average Bonchev–Trinajstić information content (AvgIpc) is 1.84. The summed E-state index contributed by atoms with van der Waals surface area (Å²) < 4.78 is 2.47. The van der Waals surface area contributed by atoms with E-state index in [-0.39, 0.29) is 0 Å². The van der Waals surface area contributed by atoms with Gasteiger partial charge in [-0.15, -0.1) is 0 Å². The summed E-state index contributed by atoms with van der Waals surface area (Å²) in [5.41, 5.74) is 0. The van der Waals surface area contributed by atoms with Crippen molar-refractivity contribution in [2.45, 2.75) is 32.6 Å². The van der Waals surface area contributed by atoms with Gasteiger partial charge >= 0.3 is 0 Å². The van der Waals surface area contributed by atoms with Gasteiger partial charge in [0.15, 0.2) is 0 Å². The Bertz CT molecular complexity index is 81.3. The number of rotatable bonds is 5. The first-order valence-corrected chi connectivity index (χ1v) is 5.25. The lowest BCUT2D eigenvalue weighted by molar-refractivity contribution is 0.343. The first-order chi connectivity index (χ1) is 4.93. The van der Waals surface area contributed by atoms with Crippen molar-refractivity contribution in [2.24, 2.45) is 0 Å². The van der Waals surface area contributed by atoms with Crippen LogP contribution in [-0.2, 0) is 0 Å². The number of nitrogens with zero attached hydrogens (tertiary/aromatic N) is 1. The van der Waals surface area contributed by atoms with Crippen LogP contribution >= 0.6 is 11.9 Å². The summed E-state index contributed by atoms with van der Waals surface area (Å²) in [6, 6.07) is 0. The van der Waals surface area contributed by atoms with E-state index >= 15 is 0 Å². The smallest absolute Gasteiger partial charge is 0.0102 e. The van der Waals surface area contributed by atoms with Crippen LogP contribution in [0.3, 0.4) is 0 Å². The largest absolute Gasteiger partial charge is 0.251 e. The van der Waals surface area contributed by atoms with Crippen molar-refractivity contribution >= 4 is 11.9 Å². The summed E-state index contributed by atoms with van der Waals surface area (Å²) in [5.74, 6) is 1.34. The Labute approximate surface area is 68.3 Å². The Morgan fingerprint density at radius 3 is 2.60 bits per heavy atom. The van der Waals surface area contributed by atoms with E-state index in [4.69, 9.17) is 0 Å². The third-order valence-corrected chi connectivity index (χ3v) is 3.04. The number of unbranched alkanes of at least 4 members (excludes halogenated alkanes) is 2. The molecule has 0 radical (unpaired) electrons. The number of hydrogen-bond acceptors (Lipinski definition) is 2. The Hall–Kier alpha value is 0.310. The van der Waals surface area contributed by atoms with Crippen molar-refractivity contribution in [1.29, 1.82) is 0 Å². The Morgan fingerprint density at radius 2 is 2.10 bits per heavy atom. The maximum atomic E-state index is 2.47. The molecule has 0 saturated carbocycles. The van der Waals surface area contributed by atoms with Gasteiger partial charge in [-0.3, -0.25) is 4.31 Å². The van der Waals surface area contributed by atoms with Gasteiger partial charge in [0, 0.05) is 18.8 Å². The Morgan fingerprint density at radius 1 is 1.30 bits per heavy atom. The van der Waals surface area contributed by atoms with E-state index in [1.807, 2.05) is 11.9 Å². The third-order valence-electron chi connectivity index (χ3n) is 1.84. The summed E-state index contributed by atoms with van der Waals surface area (Å²) in [5, 5.41) is 0. The molecule has 10 heavy (non-hydrogen) atoms. The Balaban J connectivity index is 1.76. The molecule has 0 bridgehead atoms. The van der Waals surface area contributed by atoms with Crippen LogP contribution in [0.25, 0.3) is 0 Å². The second-order valence-corrected chi connectivity index (χ2v) is 4.01. The van der Waals surface area contributed by atoms with Gasteiger partial charge in [0.2, 0.25) is 0 Å². The summed E-state index contributed by atoms with van der Waals surface area (Å²) in [6.07, 6.45) is 5.57. The highest BCUT2D eigenvalue weighted by Gasteiger charge is 2.12. The molecule has 0 atom stereocenters. The highest BCUT2D eigenvalue weighted by molar-refractivity contribution is 7.97. The minimum Gasteiger partial charge on any atom is -0.251 e. The van der Waals surface area contributed by atoms with Crippen LogP contribution < -0.4 is 0 Å². The van der Waals surface area contributed by atoms with Crippen molar-refractivity contribution in [3.05, 3.63) is 0 Å². The molecule has 0 unspecified atom stereocenters. The van der Waals surface area contributed by atoms with Gasteiger partial charge < -0.3 is 0 Å². The van der Waals surface area contributed by atoms with Gasteiger partial charge in [0.25, 0.3) is 0 Å². The van der Waals surface area contributed by atoms with Crippen LogP contribution in [0.15, 0.2) is 0 Å². The van der Waals surface area contributed by atoms with E-state index in [1.54, 1.807) is 0 Å². The first kappa shape index (κ1) is 8.41. The lowest BCUT2D eigenvalue weighted by atomic mass is 10.3. The van der Waals surface area contributed by atoms with E-state index in [0.29, 0.717) is 0 Å². The van der Waals surface area contributed by atoms with E-state index in [0.717, 1.165) is 0 Å². The topological polar surface area (TPSA) is 3.24 Å². The molecular formula is C8H17NS. The second kappa shape index (κ2) is 5.03. The van der Waals surface area contributed by atoms with Crippen LogP contribution in [0.1, 0.15) is 32.6 Å². The molecule has 1 fully saturated rings. The molecule has 0 aliphatic carbocycles. The van der Waals surface area contributed by atoms with Crippen molar-refractivity contribution in [2.75, 3.05) is 18.8 Å². The fourth-order valence-electron chi connectivity index (χ4n) is 0.962. The maximum absolute atomic E-state index is 2.47. The third kappa shape index (κ3) is 2.93. The van der Waals surface area contributed by atoms with Gasteiger partial charge in [-0.25, -0.2) is 0 Å². The minimum atomic E-state index is 1.33. The summed E-state index contributed by atoms with van der Waals surface area (Å²) in [4.78, 5) is 0. The molecule has 0 aromatic rings. The molecule has 1 aliphatic rings. The van der Waals surface area contributed by atoms with Gasteiger partial charge in [-0.05, 0) is 12.8 Å². The predicted octanol–water partition coefficient (Wildman–Crippen LogP) is 2.53. The summed E-state index contributed by atoms with van der Waals surface area (Å²) in [6.45, 7) is 4.92. The Kier molecular flexibility index (Phi) is 4.23. The van der Waals surface area contributed by atoms with Crippen LogP contribution in [0, 0.1) is 0 Å². The molecule has 0 N–H and O–H groups in total. The molecule has 1 heterocycles. The molecule has 0 aromatic heterocycles.